The average Bonchev–Trinajstić information content (AvgIpc) is 2.17. The molecule has 0 aliphatic carbocycles. The van der Waals surface area contributed by atoms with E-state index in [1.54, 1.807) is 7.11 Å². The molecule has 15 heavy (non-hydrogen) atoms. The Bertz CT molecular complexity index is 173. The van der Waals surface area contributed by atoms with Crippen LogP contribution in [0.5, 0.6) is 0 Å². The fourth-order valence-corrected chi connectivity index (χ4v) is 2.36. The Kier molecular flexibility index (Phi) is 5.58. The summed E-state index contributed by atoms with van der Waals surface area (Å²) >= 11 is 0. The Labute approximate surface area is 94.2 Å². The average molecular weight is 214 g/mol. The zero-order valence-corrected chi connectivity index (χ0v) is 10.6. The Morgan fingerprint density at radius 1 is 1.40 bits per heavy atom. The third-order valence-corrected chi connectivity index (χ3v) is 3.05. The maximum atomic E-state index is 5.21. The smallest absolute Gasteiger partial charge is 0.0615 e. The van der Waals surface area contributed by atoms with Crippen molar-refractivity contribution in [2.75, 3.05) is 26.8 Å². The van der Waals surface area contributed by atoms with Crippen molar-refractivity contribution in [2.24, 2.45) is 0 Å². The minimum Gasteiger partial charge on any atom is -0.383 e. The van der Waals surface area contributed by atoms with Gasteiger partial charge in [0, 0.05) is 31.8 Å². The van der Waals surface area contributed by atoms with E-state index in [0.717, 1.165) is 6.61 Å². The molecule has 3 nitrogen and oxygen atoms in total. The van der Waals surface area contributed by atoms with E-state index in [2.05, 4.69) is 31.0 Å². The first-order chi connectivity index (χ1) is 7.13. The lowest BCUT2D eigenvalue weighted by molar-refractivity contribution is 0.0743. The molecule has 0 aromatic carbocycles. The molecule has 1 rings (SSSR count). The Hall–Kier alpha value is -0.120. The quantitative estimate of drug-likeness (QED) is 0.750. The van der Waals surface area contributed by atoms with E-state index in [-0.39, 0.29) is 0 Å². The second kappa shape index (κ2) is 6.46. The number of hydrogen-bond donors (Lipinski definition) is 1. The monoisotopic (exact) mass is 214 g/mol. The molecular weight excluding hydrogens is 188 g/mol. The molecule has 2 unspecified atom stereocenters. The maximum Gasteiger partial charge on any atom is 0.0615 e. The van der Waals surface area contributed by atoms with Gasteiger partial charge in [-0.25, -0.2) is 0 Å². The summed E-state index contributed by atoms with van der Waals surface area (Å²) in [5, 5.41) is 3.63. The lowest BCUT2D eigenvalue weighted by Crippen LogP contribution is -2.51. The van der Waals surface area contributed by atoms with Gasteiger partial charge in [-0.15, -0.1) is 0 Å². The molecule has 1 fully saturated rings. The van der Waals surface area contributed by atoms with Gasteiger partial charge in [0.15, 0.2) is 0 Å². The van der Waals surface area contributed by atoms with Crippen LogP contribution in [0.3, 0.4) is 0 Å². The molecule has 0 radical (unpaired) electrons. The zero-order chi connectivity index (χ0) is 11.3. The Morgan fingerprint density at radius 2 is 2.13 bits per heavy atom. The predicted octanol–water partition coefficient (Wildman–Crippen LogP) is 1.48. The van der Waals surface area contributed by atoms with Crippen LogP contribution in [-0.4, -0.2) is 49.8 Å². The van der Waals surface area contributed by atoms with Crippen molar-refractivity contribution >= 4 is 0 Å². The number of rotatable bonds is 5. The molecule has 0 saturated carbocycles. The summed E-state index contributed by atoms with van der Waals surface area (Å²) in [4.78, 5) is 2.53. The summed E-state index contributed by atoms with van der Waals surface area (Å²) in [7, 11) is 1.78. The van der Waals surface area contributed by atoms with E-state index in [4.69, 9.17) is 4.74 Å². The van der Waals surface area contributed by atoms with Gasteiger partial charge in [0.1, 0.15) is 0 Å². The standard InChI is InChI=1S/C12H26N2O/c1-10(2)13-12-6-5-7-14(8-12)11(3)9-15-4/h10-13H,5-9H2,1-4H3. The van der Waals surface area contributed by atoms with Gasteiger partial charge in [-0.2, -0.15) is 0 Å². The van der Waals surface area contributed by atoms with Gasteiger partial charge >= 0.3 is 0 Å². The summed E-state index contributed by atoms with van der Waals surface area (Å²) in [5.74, 6) is 0. The molecule has 0 bridgehead atoms. The Balaban J connectivity index is 2.34. The number of nitrogens with one attached hydrogen (secondary N) is 1. The molecule has 90 valence electrons. The molecule has 3 heteroatoms. The van der Waals surface area contributed by atoms with Crippen LogP contribution in [0, 0.1) is 0 Å². The fraction of sp³-hybridized carbons (Fsp3) is 1.00. The topological polar surface area (TPSA) is 24.5 Å². The van der Waals surface area contributed by atoms with E-state index >= 15 is 0 Å². The normalized spacial score (nSPS) is 25.8. The van der Waals surface area contributed by atoms with E-state index in [1.807, 2.05) is 0 Å². The maximum absolute atomic E-state index is 5.21. The molecule has 1 heterocycles. The molecule has 0 aromatic rings. The molecule has 0 aromatic heterocycles. The van der Waals surface area contributed by atoms with Crippen LogP contribution in [0.25, 0.3) is 0 Å². The van der Waals surface area contributed by atoms with Crippen LogP contribution in [0.2, 0.25) is 0 Å². The highest BCUT2D eigenvalue weighted by atomic mass is 16.5. The number of nitrogens with zero attached hydrogens (tertiary/aromatic N) is 1. The summed E-state index contributed by atoms with van der Waals surface area (Å²) in [5.41, 5.74) is 0. The van der Waals surface area contributed by atoms with Gasteiger partial charge in [0.25, 0.3) is 0 Å². The second-order valence-electron chi connectivity index (χ2n) is 4.96. The van der Waals surface area contributed by atoms with Gasteiger partial charge in [0.05, 0.1) is 6.61 Å². The summed E-state index contributed by atoms with van der Waals surface area (Å²) in [6.45, 7) is 9.92. The van der Waals surface area contributed by atoms with Gasteiger partial charge in [-0.1, -0.05) is 13.8 Å². The van der Waals surface area contributed by atoms with Crippen LogP contribution < -0.4 is 5.32 Å². The first kappa shape index (κ1) is 12.9. The van der Waals surface area contributed by atoms with E-state index in [1.165, 1.54) is 25.9 Å². The van der Waals surface area contributed by atoms with E-state index in [0.29, 0.717) is 18.1 Å². The van der Waals surface area contributed by atoms with Crippen LogP contribution in [-0.2, 0) is 4.74 Å². The zero-order valence-electron chi connectivity index (χ0n) is 10.6. The van der Waals surface area contributed by atoms with Crippen molar-refractivity contribution in [2.45, 2.75) is 51.7 Å². The number of hydrogen-bond acceptors (Lipinski definition) is 3. The molecule has 1 aliphatic rings. The molecular formula is C12H26N2O. The summed E-state index contributed by atoms with van der Waals surface area (Å²) in [6.07, 6.45) is 2.62. The lowest BCUT2D eigenvalue weighted by Gasteiger charge is -2.37. The Morgan fingerprint density at radius 3 is 2.73 bits per heavy atom. The first-order valence-corrected chi connectivity index (χ1v) is 6.12. The van der Waals surface area contributed by atoms with Crippen molar-refractivity contribution in [1.29, 1.82) is 0 Å². The van der Waals surface area contributed by atoms with Gasteiger partial charge in [-0.3, -0.25) is 4.90 Å². The van der Waals surface area contributed by atoms with Crippen LogP contribution >= 0.6 is 0 Å². The van der Waals surface area contributed by atoms with Crippen molar-refractivity contribution in [3.8, 4) is 0 Å². The third kappa shape index (κ3) is 4.49. The molecule has 2 atom stereocenters. The minimum absolute atomic E-state index is 0.548. The molecule has 1 saturated heterocycles. The summed E-state index contributed by atoms with van der Waals surface area (Å²) in [6, 6.07) is 1.80. The highest BCUT2D eigenvalue weighted by Gasteiger charge is 2.23. The molecule has 1 N–H and O–H groups in total. The number of ether oxygens (including phenoxy) is 1. The van der Waals surface area contributed by atoms with Crippen molar-refractivity contribution in [3.05, 3.63) is 0 Å². The molecule has 1 aliphatic heterocycles. The van der Waals surface area contributed by atoms with Crippen molar-refractivity contribution in [3.63, 3.8) is 0 Å². The molecule has 0 spiro atoms. The minimum atomic E-state index is 0.548. The van der Waals surface area contributed by atoms with Crippen LogP contribution in [0.1, 0.15) is 33.6 Å². The van der Waals surface area contributed by atoms with Gasteiger partial charge in [0.2, 0.25) is 0 Å². The lowest BCUT2D eigenvalue weighted by atomic mass is 10.0. The van der Waals surface area contributed by atoms with Gasteiger partial charge in [-0.05, 0) is 26.3 Å². The number of methoxy groups -OCH3 is 1. The van der Waals surface area contributed by atoms with Gasteiger partial charge < -0.3 is 10.1 Å². The molecule has 0 amide bonds. The first-order valence-electron chi connectivity index (χ1n) is 6.12. The predicted molar refractivity (Wildman–Crippen MR) is 64.2 cm³/mol. The largest absolute Gasteiger partial charge is 0.383 e. The SMILES string of the molecule is COCC(C)N1CCCC(NC(C)C)C1. The highest BCUT2D eigenvalue weighted by molar-refractivity contribution is 4.81. The fourth-order valence-electron chi connectivity index (χ4n) is 2.36. The number of likely N-dealkylation sites (tertiary alicyclic amines) is 1. The van der Waals surface area contributed by atoms with Crippen LogP contribution in [0.4, 0.5) is 0 Å². The van der Waals surface area contributed by atoms with Crippen molar-refractivity contribution in [1.82, 2.24) is 10.2 Å². The second-order valence-corrected chi connectivity index (χ2v) is 4.96. The van der Waals surface area contributed by atoms with Crippen LogP contribution in [0.15, 0.2) is 0 Å². The van der Waals surface area contributed by atoms with E-state index < -0.39 is 0 Å². The highest BCUT2D eigenvalue weighted by Crippen LogP contribution is 2.13. The number of piperidine rings is 1. The third-order valence-electron chi connectivity index (χ3n) is 3.05. The van der Waals surface area contributed by atoms with Crippen molar-refractivity contribution < 1.29 is 4.74 Å². The van der Waals surface area contributed by atoms with E-state index in [9.17, 15) is 0 Å². The summed E-state index contributed by atoms with van der Waals surface area (Å²) < 4.78 is 5.21.